The van der Waals surface area contributed by atoms with Crippen LogP contribution in [0.2, 0.25) is 0 Å². The van der Waals surface area contributed by atoms with Crippen LogP contribution in [0.25, 0.3) is 54.6 Å². The van der Waals surface area contributed by atoms with Gasteiger partial charge in [0.1, 0.15) is 23.5 Å². The van der Waals surface area contributed by atoms with Gasteiger partial charge in [-0.25, -0.2) is 9.97 Å². The smallest absolute Gasteiger partial charge is 0.148 e. The van der Waals surface area contributed by atoms with Crippen molar-refractivity contribution in [1.29, 1.82) is 10.5 Å². The van der Waals surface area contributed by atoms with E-state index in [2.05, 4.69) is 70.6 Å². The predicted octanol–water partition coefficient (Wildman–Crippen LogP) is 6.45. The second kappa shape index (κ2) is 6.87. The Hall–Kier alpha value is -4.80. The Labute approximate surface area is 184 Å². The van der Waals surface area contributed by atoms with Gasteiger partial charge in [0.2, 0.25) is 0 Å². The third kappa shape index (κ3) is 2.61. The van der Waals surface area contributed by atoms with Crippen molar-refractivity contribution in [2.45, 2.75) is 0 Å². The van der Waals surface area contributed by atoms with Gasteiger partial charge in [0.25, 0.3) is 0 Å². The van der Waals surface area contributed by atoms with Crippen LogP contribution in [-0.2, 0) is 0 Å². The molecule has 0 amide bonds. The van der Waals surface area contributed by atoms with E-state index in [1.807, 2.05) is 24.3 Å². The van der Waals surface area contributed by atoms with Crippen LogP contribution in [0.15, 0.2) is 85.2 Å². The highest BCUT2D eigenvalue weighted by Crippen LogP contribution is 2.39. The first-order valence-corrected chi connectivity index (χ1v) is 10.2. The second-order valence-corrected chi connectivity index (χ2v) is 7.75. The number of aromatic nitrogens is 2. The molecule has 0 bridgehead atoms. The molecule has 0 aliphatic rings. The van der Waals surface area contributed by atoms with Crippen molar-refractivity contribution in [3.63, 3.8) is 0 Å². The Morgan fingerprint density at radius 1 is 0.531 bits per heavy atom. The molecule has 6 rings (SSSR count). The maximum absolute atomic E-state index is 9.48. The molecule has 6 aromatic rings. The number of hydrogen-bond donors (Lipinski definition) is 0. The van der Waals surface area contributed by atoms with E-state index in [1.165, 1.54) is 10.8 Å². The molecule has 146 valence electrons. The minimum atomic E-state index is 0.426. The Bertz CT molecular complexity index is 1560. The summed E-state index contributed by atoms with van der Waals surface area (Å²) in [6.45, 7) is 0. The Balaban J connectivity index is 1.63. The lowest BCUT2D eigenvalue weighted by Gasteiger charge is -2.15. The summed E-state index contributed by atoms with van der Waals surface area (Å²) >= 11 is 0. The molecule has 0 saturated carbocycles. The van der Waals surface area contributed by atoms with Crippen molar-refractivity contribution in [3.8, 4) is 34.4 Å². The maximum Gasteiger partial charge on any atom is 0.148 e. The average Bonchev–Trinajstić information content (AvgIpc) is 2.86. The lowest BCUT2D eigenvalue weighted by atomic mass is 9.89. The first-order valence-electron chi connectivity index (χ1n) is 10.2. The molecule has 4 aromatic carbocycles. The van der Waals surface area contributed by atoms with Gasteiger partial charge < -0.3 is 0 Å². The van der Waals surface area contributed by atoms with E-state index >= 15 is 0 Å². The van der Waals surface area contributed by atoms with Crippen LogP contribution >= 0.6 is 0 Å². The largest absolute Gasteiger partial charge is 0.245 e. The average molecular weight is 406 g/mol. The summed E-state index contributed by atoms with van der Waals surface area (Å²) in [5.41, 5.74) is 4.49. The van der Waals surface area contributed by atoms with Crippen LogP contribution in [0, 0.1) is 22.7 Å². The van der Waals surface area contributed by atoms with Crippen LogP contribution in [0.5, 0.6) is 0 Å². The van der Waals surface area contributed by atoms with Gasteiger partial charge in [-0.3, -0.25) is 0 Å². The van der Waals surface area contributed by atoms with Gasteiger partial charge in [0.15, 0.2) is 0 Å². The fourth-order valence-electron chi connectivity index (χ4n) is 4.60. The van der Waals surface area contributed by atoms with E-state index < -0.39 is 0 Å². The van der Waals surface area contributed by atoms with Crippen molar-refractivity contribution in [2.75, 3.05) is 0 Å². The molecular weight excluding hydrogens is 392 g/mol. The van der Waals surface area contributed by atoms with Crippen LogP contribution in [0.1, 0.15) is 11.4 Å². The SMILES string of the molecule is N#Cc1ncccc1-c1cc2ccc3cc(-c4cccnc4C#N)cc4ccc(c1)c2c34. The molecule has 0 spiro atoms. The number of hydrogen-bond acceptors (Lipinski definition) is 4. The molecule has 4 nitrogen and oxygen atoms in total. The van der Waals surface area contributed by atoms with Gasteiger partial charge in [0.05, 0.1) is 0 Å². The van der Waals surface area contributed by atoms with Crippen LogP contribution < -0.4 is 0 Å². The Morgan fingerprint density at radius 3 is 1.25 bits per heavy atom. The van der Waals surface area contributed by atoms with Crippen molar-refractivity contribution in [3.05, 3.63) is 96.6 Å². The summed E-state index contributed by atoms with van der Waals surface area (Å²) in [6, 6.07) is 29.0. The molecule has 0 fully saturated rings. The van der Waals surface area contributed by atoms with Gasteiger partial charge in [-0.15, -0.1) is 0 Å². The highest BCUT2D eigenvalue weighted by molar-refractivity contribution is 6.24. The summed E-state index contributed by atoms with van der Waals surface area (Å²) < 4.78 is 0. The van der Waals surface area contributed by atoms with Crippen molar-refractivity contribution in [2.24, 2.45) is 0 Å². The predicted molar refractivity (Wildman–Crippen MR) is 126 cm³/mol. The molecule has 2 heterocycles. The fraction of sp³-hybridized carbons (Fsp3) is 0. The molecule has 0 aliphatic heterocycles. The van der Waals surface area contributed by atoms with Gasteiger partial charge in [-0.2, -0.15) is 10.5 Å². The van der Waals surface area contributed by atoms with Gasteiger partial charge in [-0.1, -0.05) is 24.3 Å². The molecule has 32 heavy (non-hydrogen) atoms. The second-order valence-electron chi connectivity index (χ2n) is 7.75. The van der Waals surface area contributed by atoms with E-state index in [1.54, 1.807) is 12.4 Å². The highest BCUT2D eigenvalue weighted by Gasteiger charge is 2.14. The molecule has 0 saturated heterocycles. The maximum atomic E-state index is 9.48. The number of benzene rings is 4. The Morgan fingerprint density at radius 2 is 0.906 bits per heavy atom. The number of rotatable bonds is 2. The zero-order valence-electron chi connectivity index (χ0n) is 16.9. The fourth-order valence-corrected chi connectivity index (χ4v) is 4.60. The number of nitrogens with zero attached hydrogens (tertiary/aromatic N) is 4. The quantitative estimate of drug-likeness (QED) is 0.310. The van der Waals surface area contributed by atoms with Gasteiger partial charge in [-0.05, 0) is 92.0 Å². The van der Waals surface area contributed by atoms with Gasteiger partial charge >= 0.3 is 0 Å². The molecule has 0 radical (unpaired) electrons. The zero-order chi connectivity index (χ0) is 21.7. The van der Waals surface area contributed by atoms with E-state index in [0.29, 0.717) is 11.4 Å². The lowest BCUT2D eigenvalue weighted by molar-refractivity contribution is 1.27. The van der Waals surface area contributed by atoms with Crippen molar-refractivity contribution in [1.82, 2.24) is 9.97 Å². The molecule has 2 aromatic heterocycles. The van der Waals surface area contributed by atoms with E-state index in [0.717, 1.165) is 43.8 Å². The van der Waals surface area contributed by atoms with E-state index in [4.69, 9.17) is 0 Å². The van der Waals surface area contributed by atoms with Gasteiger partial charge in [0, 0.05) is 23.5 Å². The molecular formula is C28H14N4. The zero-order valence-corrected chi connectivity index (χ0v) is 16.9. The first-order chi connectivity index (χ1) is 15.8. The molecule has 0 N–H and O–H groups in total. The summed E-state index contributed by atoms with van der Waals surface area (Å²) in [5, 5.41) is 25.8. The summed E-state index contributed by atoms with van der Waals surface area (Å²) in [5.74, 6) is 0. The van der Waals surface area contributed by atoms with Crippen molar-refractivity contribution < 1.29 is 0 Å². The Kier molecular flexibility index (Phi) is 3.87. The summed E-state index contributed by atoms with van der Waals surface area (Å²) in [6.07, 6.45) is 3.29. The molecule has 0 aliphatic carbocycles. The minimum absolute atomic E-state index is 0.426. The molecule has 4 heteroatoms. The standard InChI is InChI=1S/C28H14N4/c29-15-25-23(3-1-9-31-25)21-11-17-5-7-19-13-22(24-4-2-10-32-26(24)16-30)14-20-8-6-18(12-21)27(17)28(19)20/h1-14H. The monoisotopic (exact) mass is 406 g/mol. The molecule has 0 atom stereocenters. The molecule has 0 unspecified atom stereocenters. The van der Waals surface area contributed by atoms with E-state index in [-0.39, 0.29) is 0 Å². The van der Waals surface area contributed by atoms with E-state index in [9.17, 15) is 10.5 Å². The number of pyridine rings is 2. The van der Waals surface area contributed by atoms with Crippen LogP contribution in [0.4, 0.5) is 0 Å². The summed E-state index contributed by atoms with van der Waals surface area (Å²) in [7, 11) is 0. The van der Waals surface area contributed by atoms with Crippen LogP contribution in [0.3, 0.4) is 0 Å². The number of nitriles is 2. The normalized spacial score (nSPS) is 11.1. The van der Waals surface area contributed by atoms with Crippen molar-refractivity contribution >= 4 is 32.3 Å². The highest BCUT2D eigenvalue weighted by atomic mass is 14.7. The summed E-state index contributed by atoms with van der Waals surface area (Å²) in [4.78, 5) is 8.43. The topological polar surface area (TPSA) is 73.4 Å². The lowest BCUT2D eigenvalue weighted by Crippen LogP contribution is -1.91. The van der Waals surface area contributed by atoms with Crippen LogP contribution in [-0.4, -0.2) is 9.97 Å². The first kappa shape index (κ1) is 18.0. The third-order valence-corrected chi connectivity index (χ3v) is 5.98. The minimum Gasteiger partial charge on any atom is -0.245 e. The third-order valence-electron chi connectivity index (χ3n) is 5.98.